The molecule has 0 rings (SSSR count). The van der Waals surface area contributed by atoms with Gasteiger partial charge in [-0.05, 0) is 20.8 Å². The monoisotopic (exact) mass is 175 g/mol. The largest absolute Gasteiger partial charge is 0.481 e. The number of hydrogen-bond acceptors (Lipinski definition) is 3. The van der Waals surface area contributed by atoms with Gasteiger partial charge in [0.1, 0.15) is 0 Å². The lowest BCUT2D eigenvalue weighted by molar-refractivity contribution is -0.137. The number of hydrogen-bond donors (Lipinski definition) is 3. The van der Waals surface area contributed by atoms with Crippen molar-refractivity contribution in [3.63, 3.8) is 0 Å². The Labute approximate surface area is 72.6 Å². The van der Waals surface area contributed by atoms with E-state index >= 15 is 0 Å². The number of aliphatic hydroxyl groups excluding tert-OH is 1. The van der Waals surface area contributed by atoms with E-state index in [1.54, 1.807) is 6.92 Å². The average molecular weight is 175 g/mol. The van der Waals surface area contributed by atoms with E-state index in [-0.39, 0.29) is 19.1 Å². The van der Waals surface area contributed by atoms with E-state index in [1.807, 2.05) is 13.8 Å². The molecule has 0 aliphatic heterocycles. The second-order valence-electron chi connectivity index (χ2n) is 3.69. The van der Waals surface area contributed by atoms with Gasteiger partial charge in [0, 0.05) is 11.6 Å². The van der Waals surface area contributed by atoms with Crippen molar-refractivity contribution in [2.45, 2.75) is 38.8 Å². The number of carboxylic acids is 1. The van der Waals surface area contributed by atoms with Crippen LogP contribution < -0.4 is 5.32 Å². The fourth-order valence-corrected chi connectivity index (χ4v) is 1.03. The van der Waals surface area contributed by atoms with Crippen LogP contribution in [-0.2, 0) is 4.79 Å². The first-order chi connectivity index (χ1) is 5.37. The maximum absolute atomic E-state index is 10.3. The molecular formula is C8H17NO3. The number of nitrogens with one attached hydrogen (secondary N) is 1. The average Bonchev–Trinajstić information content (AvgIpc) is 1.84. The molecule has 0 aliphatic carbocycles. The van der Waals surface area contributed by atoms with Gasteiger partial charge < -0.3 is 15.5 Å². The minimum Gasteiger partial charge on any atom is -0.481 e. The van der Waals surface area contributed by atoms with Crippen LogP contribution in [0.3, 0.4) is 0 Å². The molecule has 0 saturated heterocycles. The van der Waals surface area contributed by atoms with Gasteiger partial charge in [-0.15, -0.1) is 0 Å². The Hall–Kier alpha value is -0.610. The molecule has 3 N–H and O–H groups in total. The summed E-state index contributed by atoms with van der Waals surface area (Å²) >= 11 is 0. The van der Waals surface area contributed by atoms with Crippen molar-refractivity contribution in [3.05, 3.63) is 0 Å². The van der Waals surface area contributed by atoms with E-state index in [4.69, 9.17) is 10.2 Å². The summed E-state index contributed by atoms with van der Waals surface area (Å²) in [7, 11) is 0. The summed E-state index contributed by atoms with van der Waals surface area (Å²) < 4.78 is 0. The molecule has 0 amide bonds. The number of carbonyl (C=O) groups is 1. The van der Waals surface area contributed by atoms with Crippen LogP contribution >= 0.6 is 0 Å². The first-order valence-corrected chi connectivity index (χ1v) is 3.98. The Morgan fingerprint density at radius 3 is 2.42 bits per heavy atom. The van der Waals surface area contributed by atoms with Crippen LogP contribution in [0.25, 0.3) is 0 Å². The fourth-order valence-electron chi connectivity index (χ4n) is 1.03. The fraction of sp³-hybridized carbons (Fsp3) is 0.875. The minimum atomic E-state index is -0.830. The van der Waals surface area contributed by atoms with Gasteiger partial charge in [-0.2, -0.15) is 0 Å². The number of aliphatic hydroxyl groups is 1. The van der Waals surface area contributed by atoms with Gasteiger partial charge in [0.25, 0.3) is 0 Å². The van der Waals surface area contributed by atoms with Crippen molar-refractivity contribution in [1.82, 2.24) is 5.32 Å². The van der Waals surface area contributed by atoms with Crippen LogP contribution in [0.2, 0.25) is 0 Å². The predicted octanol–water partition coefficient (Wildman–Crippen LogP) is 0.210. The maximum atomic E-state index is 10.3. The first-order valence-electron chi connectivity index (χ1n) is 3.98. The van der Waals surface area contributed by atoms with Gasteiger partial charge in [0.2, 0.25) is 0 Å². The number of aliphatic carboxylic acids is 1. The molecule has 0 heterocycles. The van der Waals surface area contributed by atoms with Crippen molar-refractivity contribution in [1.29, 1.82) is 0 Å². The van der Waals surface area contributed by atoms with Gasteiger partial charge in [0.05, 0.1) is 13.0 Å². The lowest BCUT2D eigenvalue weighted by atomic mass is 10.0. The highest BCUT2D eigenvalue weighted by molar-refractivity contribution is 5.67. The summed E-state index contributed by atoms with van der Waals surface area (Å²) in [5.41, 5.74) is -0.408. The zero-order valence-corrected chi connectivity index (χ0v) is 7.79. The van der Waals surface area contributed by atoms with Gasteiger partial charge in [0.15, 0.2) is 0 Å². The molecule has 4 nitrogen and oxygen atoms in total. The van der Waals surface area contributed by atoms with Crippen molar-refractivity contribution in [2.75, 3.05) is 6.61 Å². The van der Waals surface area contributed by atoms with Crippen LogP contribution in [0.4, 0.5) is 0 Å². The van der Waals surface area contributed by atoms with Crippen molar-refractivity contribution >= 4 is 5.97 Å². The molecule has 12 heavy (non-hydrogen) atoms. The SMILES string of the molecule is CC(CC(=O)O)NC(C)(C)CO. The summed E-state index contributed by atoms with van der Waals surface area (Å²) in [6.45, 7) is 5.43. The van der Waals surface area contributed by atoms with Crippen molar-refractivity contribution in [3.8, 4) is 0 Å². The van der Waals surface area contributed by atoms with Crippen LogP contribution in [0.15, 0.2) is 0 Å². The van der Waals surface area contributed by atoms with Gasteiger partial charge in [-0.1, -0.05) is 0 Å². The molecule has 0 saturated carbocycles. The Morgan fingerprint density at radius 2 is 2.08 bits per heavy atom. The van der Waals surface area contributed by atoms with Crippen molar-refractivity contribution in [2.24, 2.45) is 0 Å². The Bertz CT molecular complexity index is 156. The van der Waals surface area contributed by atoms with E-state index in [9.17, 15) is 4.79 Å². The normalized spacial score (nSPS) is 14.3. The molecule has 0 aromatic carbocycles. The van der Waals surface area contributed by atoms with Gasteiger partial charge in [-0.3, -0.25) is 4.79 Å². The third-order valence-corrected chi connectivity index (χ3v) is 1.51. The first kappa shape index (κ1) is 11.4. The van der Waals surface area contributed by atoms with E-state index < -0.39 is 11.5 Å². The Morgan fingerprint density at radius 1 is 1.58 bits per heavy atom. The summed E-state index contributed by atoms with van der Waals surface area (Å²) in [6.07, 6.45) is 0.0728. The molecule has 0 fully saturated rings. The molecule has 0 bridgehead atoms. The van der Waals surface area contributed by atoms with E-state index in [0.717, 1.165) is 0 Å². The molecule has 0 aromatic rings. The molecule has 0 radical (unpaired) electrons. The summed E-state index contributed by atoms with van der Waals surface area (Å²) in [5, 5.41) is 20.3. The lowest BCUT2D eigenvalue weighted by Gasteiger charge is -2.27. The summed E-state index contributed by atoms with van der Waals surface area (Å²) in [5.74, 6) is -0.830. The summed E-state index contributed by atoms with van der Waals surface area (Å²) in [6, 6.07) is -0.121. The van der Waals surface area contributed by atoms with E-state index in [0.29, 0.717) is 0 Å². The van der Waals surface area contributed by atoms with Crippen LogP contribution in [0.1, 0.15) is 27.2 Å². The highest BCUT2D eigenvalue weighted by Crippen LogP contribution is 2.03. The number of carboxylic acid groups (broad SMARTS) is 1. The molecule has 72 valence electrons. The second-order valence-corrected chi connectivity index (χ2v) is 3.69. The minimum absolute atomic E-state index is 0.00302. The molecule has 0 aliphatic rings. The van der Waals surface area contributed by atoms with Crippen LogP contribution in [0, 0.1) is 0 Å². The van der Waals surface area contributed by atoms with Crippen molar-refractivity contribution < 1.29 is 15.0 Å². The zero-order chi connectivity index (χ0) is 9.78. The van der Waals surface area contributed by atoms with Gasteiger partial charge in [-0.25, -0.2) is 0 Å². The standard InChI is InChI=1S/C8H17NO3/c1-6(4-7(11)12)9-8(2,3)5-10/h6,9-10H,4-5H2,1-3H3,(H,11,12). The predicted molar refractivity (Wildman–Crippen MR) is 46.0 cm³/mol. The quantitative estimate of drug-likeness (QED) is 0.558. The molecule has 4 heteroatoms. The highest BCUT2D eigenvalue weighted by Gasteiger charge is 2.19. The van der Waals surface area contributed by atoms with E-state index in [2.05, 4.69) is 5.32 Å². The highest BCUT2D eigenvalue weighted by atomic mass is 16.4. The lowest BCUT2D eigenvalue weighted by Crippen LogP contribution is -2.48. The number of rotatable bonds is 5. The maximum Gasteiger partial charge on any atom is 0.304 e. The molecule has 1 unspecified atom stereocenters. The van der Waals surface area contributed by atoms with E-state index in [1.165, 1.54) is 0 Å². The topological polar surface area (TPSA) is 69.6 Å². The third kappa shape index (κ3) is 5.09. The molecular weight excluding hydrogens is 158 g/mol. The smallest absolute Gasteiger partial charge is 0.304 e. The third-order valence-electron chi connectivity index (χ3n) is 1.51. The molecule has 0 spiro atoms. The van der Waals surface area contributed by atoms with Crippen LogP contribution in [-0.4, -0.2) is 34.4 Å². The Kier molecular flexibility index (Phi) is 4.20. The molecule has 1 atom stereocenters. The van der Waals surface area contributed by atoms with Gasteiger partial charge >= 0.3 is 5.97 Å². The Balaban J connectivity index is 3.83. The van der Waals surface area contributed by atoms with Crippen LogP contribution in [0.5, 0.6) is 0 Å². The molecule has 0 aromatic heterocycles. The zero-order valence-electron chi connectivity index (χ0n) is 7.79. The second kappa shape index (κ2) is 4.42. The summed E-state index contributed by atoms with van der Waals surface area (Å²) in [4.78, 5) is 10.3.